The number of aromatic nitrogens is 1. The number of rotatable bonds is 10. The predicted molar refractivity (Wildman–Crippen MR) is 101 cm³/mol. The first-order valence-electron chi connectivity index (χ1n) is 9.26. The normalized spacial score (nSPS) is 13.3. The van der Waals surface area contributed by atoms with Gasteiger partial charge in [0.15, 0.2) is 0 Å². The molecule has 1 aromatic carbocycles. The fourth-order valence-electron chi connectivity index (χ4n) is 3.00. The average molecular weight is 360 g/mol. The summed E-state index contributed by atoms with van der Waals surface area (Å²) in [6.07, 6.45) is 5.46. The molecular weight excluding hydrogens is 332 g/mol. The standard InChI is InChI=1S/C20H28N2O4/c1-3-5-8-14(4-2)13-26-20(25)22-18(19(23)24)11-15-12-21-17-10-7-6-9-16(15)17/h6-7,9-10,12,14,18,21H,3-5,8,11,13H2,1-2H3,(H,22,25)(H,23,24)/t14?,18-/m0/s1. The molecule has 2 rings (SSSR count). The summed E-state index contributed by atoms with van der Waals surface area (Å²) in [4.78, 5) is 26.7. The third-order valence-electron chi connectivity index (χ3n) is 4.68. The average Bonchev–Trinajstić information content (AvgIpc) is 3.04. The van der Waals surface area contributed by atoms with E-state index < -0.39 is 18.1 Å². The summed E-state index contributed by atoms with van der Waals surface area (Å²) in [7, 11) is 0. The van der Waals surface area contributed by atoms with Gasteiger partial charge in [0.05, 0.1) is 6.61 Å². The van der Waals surface area contributed by atoms with Crippen LogP contribution in [0.15, 0.2) is 30.5 Å². The molecule has 0 bridgehead atoms. The van der Waals surface area contributed by atoms with E-state index >= 15 is 0 Å². The van der Waals surface area contributed by atoms with Crippen LogP contribution < -0.4 is 5.32 Å². The van der Waals surface area contributed by atoms with Crippen LogP contribution in [0.1, 0.15) is 45.1 Å². The van der Waals surface area contributed by atoms with Crippen LogP contribution in [0.2, 0.25) is 0 Å². The van der Waals surface area contributed by atoms with Crippen LogP contribution in [-0.2, 0) is 16.0 Å². The number of carboxylic acid groups (broad SMARTS) is 1. The van der Waals surface area contributed by atoms with E-state index in [2.05, 4.69) is 24.1 Å². The van der Waals surface area contributed by atoms with Crippen LogP contribution in [0, 0.1) is 5.92 Å². The molecule has 2 atom stereocenters. The lowest BCUT2D eigenvalue weighted by molar-refractivity contribution is -0.139. The molecule has 0 aliphatic rings. The summed E-state index contributed by atoms with van der Waals surface area (Å²) < 4.78 is 5.26. The van der Waals surface area contributed by atoms with Gasteiger partial charge in [-0.25, -0.2) is 9.59 Å². The maximum atomic E-state index is 12.0. The summed E-state index contributed by atoms with van der Waals surface area (Å²) in [5, 5.41) is 12.9. The third kappa shape index (κ3) is 5.51. The molecule has 1 heterocycles. The molecule has 0 fully saturated rings. The molecule has 0 spiro atoms. The molecule has 1 unspecified atom stereocenters. The molecule has 142 valence electrons. The van der Waals surface area contributed by atoms with Gasteiger partial charge < -0.3 is 20.1 Å². The second-order valence-corrected chi connectivity index (χ2v) is 6.61. The Balaban J connectivity index is 1.93. The van der Waals surface area contributed by atoms with Gasteiger partial charge in [0.25, 0.3) is 0 Å². The predicted octanol–water partition coefficient (Wildman–Crippen LogP) is 4.11. The maximum absolute atomic E-state index is 12.0. The van der Waals surface area contributed by atoms with Crippen molar-refractivity contribution in [2.45, 2.75) is 52.0 Å². The van der Waals surface area contributed by atoms with Gasteiger partial charge in [-0.3, -0.25) is 0 Å². The lowest BCUT2D eigenvalue weighted by atomic mass is 10.0. The molecule has 1 aromatic heterocycles. The summed E-state index contributed by atoms with van der Waals surface area (Å²) in [6.45, 7) is 4.52. The van der Waals surface area contributed by atoms with Gasteiger partial charge in [-0.15, -0.1) is 0 Å². The Morgan fingerprint density at radius 1 is 1.27 bits per heavy atom. The van der Waals surface area contributed by atoms with Gasteiger partial charge in [0, 0.05) is 23.5 Å². The highest BCUT2D eigenvalue weighted by Gasteiger charge is 2.23. The number of carbonyl (C=O) groups excluding carboxylic acids is 1. The van der Waals surface area contributed by atoms with E-state index in [0.29, 0.717) is 12.5 Å². The molecule has 1 amide bonds. The Hall–Kier alpha value is -2.50. The van der Waals surface area contributed by atoms with Gasteiger partial charge in [0.1, 0.15) is 6.04 Å². The monoisotopic (exact) mass is 360 g/mol. The number of carboxylic acids is 1. The minimum atomic E-state index is -1.08. The molecule has 6 heteroatoms. The number of hydrogen-bond donors (Lipinski definition) is 3. The van der Waals surface area contributed by atoms with Crippen molar-refractivity contribution in [3.05, 3.63) is 36.0 Å². The first-order chi connectivity index (χ1) is 12.5. The zero-order chi connectivity index (χ0) is 18.9. The number of hydrogen-bond acceptors (Lipinski definition) is 3. The third-order valence-corrected chi connectivity index (χ3v) is 4.68. The van der Waals surface area contributed by atoms with Crippen LogP contribution in [0.4, 0.5) is 4.79 Å². The molecule has 0 radical (unpaired) electrons. The van der Waals surface area contributed by atoms with Gasteiger partial charge in [-0.1, -0.05) is 51.3 Å². The number of benzene rings is 1. The molecule has 6 nitrogen and oxygen atoms in total. The van der Waals surface area contributed by atoms with Crippen LogP contribution in [0.5, 0.6) is 0 Å². The van der Waals surface area contributed by atoms with E-state index in [1.165, 1.54) is 0 Å². The number of para-hydroxylation sites is 1. The van der Waals surface area contributed by atoms with Crippen molar-refractivity contribution in [2.75, 3.05) is 6.61 Å². The zero-order valence-corrected chi connectivity index (χ0v) is 15.5. The minimum Gasteiger partial charge on any atom is -0.480 e. The van der Waals surface area contributed by atoms with Crippen LogP contribution >= 0.6 is 0 Å². The van der Waals surface area contributed by atoms with Gasteiger partial charge in [-0.05, 0) is 24.0 Å². The Morgan fingerprint density at radius 2 is 2.04 bits per heavy atom. The summed E-state index contributed by atoms with van der Waals surface area (Å²) in [6, 6.07) is 6.64. The maximum Gasteiger partial charge on any atom is 0.407 e. The first-order valence-corrected chi connectivity index (χ1v) is 9.26. The van der Waals surface area contributed by atoms with Gasteiger partial charge in [-0.2, -0.15) is 0 Å². The molecule has 3 N–H and O–H groups in total. The van der Waals surface area contributed by atoms with E-state index in [1.807, 2.05) is 24.3 Å². The number of unbranched alkanes of at least 4 members (excludes halogenated alkanes) is 1. The first kappa shape index (κ1) is 19.8. The van der Waals surface area contributed by atoms with Gasteiger partial charge in [0.2, 0.25) is 0 Å². The quantitative estimate of drug-likeness (QED) is 0.595. The van der Waals surface area contributed by atoms with Crippen LogP contribution in [0.3, 0.4) is 0 Å². The summed E-state index contributed by atoms with van der Waals surface area (Å²) in [5.74, 6) is -0.761. The van der Waals surface area contributed by atoms with E-state index in [4.69, 9.17) is 4.74 Å². The highest BCUT2D eigenvalue weighted by atomic mass is 16.5. The molecule has 0 saturated carbocycles. The topological polar surface area (TPSA) is 91.4 Å². The Bertz CT molecular complexity index is 725. The highest BCUT2D eigenvalue weighted by Crippen LogP contribution is 2.19. The summed E-state index contributed by atoms with van der Waals surface area (Å²) >= 11 is 0. The largest absolute Gasteiger partial charge is 0.480 e. The number of ether oxygens (including phenoxy) is 1. The van der Waals surface area contributed by atoms with Crippen molar-refractivity contribution in [3.63, 3.8) is 0 Å². The van der Waals surface area contributed by atoms with E-state index in [-0.39, 0.29) is 6.42 Å². The zero-order valence-electron chi connectivity index (χ0n) is 15.5. The van der Waals surface area contributed by atoms with Crippen molar-refractivity contribution in [2.24, 2.45) is 5.92 Å². The smallest absolute Gasteiger partial charge is 0.407 e. The number of fused-ring (bicyclic) bond motifs is 1. The second-order valence-electron chi connectivity index (χ2n) is 6.61. The van der Waals surface area contributed by atoms with E-state index in [9.17, 15) is 14.7 Å². The number of H-pyrrole nitrogens is 1. The molecule has 26 heavy (non-hydrogen) atoms. The second kappa shape index (κ2) is 9.85. The van der Waals surface area contributed by atoms with E-state index in [0.717, 1.165) is 42.1 Å². The molecule has 0 aliphatic heterocycles. The van der Waals surface area contributed by atoms with Crippen molar-refractivity contribution in [1.82, 2.24) is 10.3 Å². The van der Waals surface area contributed by atoms with Crippen LogP contribution in [0.25, 0.3) is 10.9 Å². The lowest BCUT2D eigenvalue weighted by Crippen LogP contribution is -2.43. The fraction of sp³-hybridized carbons (Fsp3) is 0.500. The molecule has 2 aromatic rings. The van der Waals surface area contributed by atoms with Crippen molar-refractivity contribution in [1.29, 1.82) is 0 Å². The number of alkyl carbamates (subject to hydrolysis) is 1. The summed E-state index contributed by atoms with van der Waals surface area (Å²) in [5.41, 5.74) is 1.79. The Labute approximate surface area is 153 Å². The SMILES string of the molecule is CCCCC(CC)COC(=O)N[C@@H](Cc1c[nH]c2ccccc12)C(=O)O. The Morgan fingerprint density at radius 3 is 2.73 bits per heavy atom. The number of amides is 1. The van der Waals surface area contributed by atoms with E-state index in [1.54, 1.807) is 6.20 Å². The molecular formula is C20H28N2O4. The number of nitrogens with one attached hydrogen (secondary N) is 2. The molecule has 0 saturated heterocycles. The highest BCUT2D eigenvalue weighted by molar-refractivity contribution is 5.85. The number of aromatic amines is 1. The minimum absolute atomic E-state index is 0.196. The lowest BCUT2D eigenvalue weighted by Gasteiger charge is -2.17. The van der Waals surface area contributed by atoms with Crippen molar-refractivity contribution < 1.29 is 19.4 Å². The fourth-order valence-corrected chi connectivity index (χ4v) is 3.00. The van der Waals surface area contributed by atoms with Gasteiger partial charge >= 0.3 is 12.1 Å². The number of carbonyl (C=O) groups is 2. The molecule has 0 aliphatic carbocycles. The van der Waals surface area contributed by atoms with Crippen molar-refractivity contribution in [3.8, 4) is 0 Å². The Kier molecular flexibility index (Phi) is 7.51. The number of aliphatic carboxylic acids is 1. The van der Waals surface area contributed by atoms with Crippen LogP contribution in [-0.4, -0.2) is 34.8 Å². The van der Waals surface area contributed by atoms with Crippen molar-refractivity contribution >= 4 is 23.0 Å².